The average Bonchev–Trinajstić information content (AvgIpc) is 3.43. The molecule has 252 valence electrons. The number of esters is 3. The largest absolute Gasteiger partial charge is 0.463 e. The smallest absolute Gasteiger partial charge is 0.303 e. The van der Waals surface area contributed by atoms with E-state index in [1.807, 2.05) is 48.7 Å². The zero-order chi connectivity index (χ0) is 33.9. The van der Waals surface area contributed by atoms with E-state index < -0.39 is 54.3 Å². The van der Waals surface area contributed by atoms with Crippen LogP contribution in [0.4, 0.5) is 0 Å². The van der Waals surface area contributed by atoms with Gasteiger partial charge in [0.05, 0.1) is 12.5 Å². The maximum Gasteiger partial charge on any atom is 0.303 e. The molecule has 47 heavy (non-hydrogen) atoms. The Morgan fingerprint density at radius 3 is 2.34 bits per heavy atom. The van der Waals surface area contributed by atoms with Crippen molar-refractivity contribution in [2.75, 3.05) is 19.8 Å². The summed E-state index contributed by atoms with van der Waals surface area (Å²) in [5.41, 5.74) is 6.36. The second kappa shape index (κ2) is 16.8. The molecule has 0 unspecified atom stereocenters. The lowest BCUT2D eigenvalue weighted by Crippen LogP contribution is -2.59. The molecule has 2 heterocycles. The Balaban J connectivity index is 1.34. The number of para-hydroxylation sites is 1. The summed E-state index contributed by atoms with van der Waals surface area (Å²) in [6.45, 7) is 6.80. The van der Waals surface area contributed by atoms with E-state index >= 15 is 0 Å². The minimum atomic E-state index is -1.13. The maximum absolute atomic E-state index is 12.6. The van der Waals surface area contributed by atoms with Crippen molar-refractivity contribution in [1.29, 1.82) is 0 Å². The Labute approximate surface area is 272 Å². The van der Waals surface area contributed by atoms with Gasteiger partial charge in [0.15, 0.2) is 12.4 Å². The van der Waals surface area contributed by atoms with E-state index in [1.54, 1.807) is 13.0 Å². The molecule has 1 saturated heterocycles. The van der Waals surface area contributed by atoms with Crippen LogP contribution in [0.15, 0.2) is 60.8 Å². The van der Waals surface area contributed by atoms with E-state index in [0.717, 1.165) is 27.6 Å². The monoisotopic (exact) mass is 651 g/mol. The first-order valence-electron chi connectivity index (χ1n) is 15.3. The number of nitrogens with zero attached hydrogens (tertiary/aromatic N) is 1. The minimum absolute atomic E-state index is 0.0368. The number of rotatable bonds is 14. The van der Waals surface area contributed by atoms with Gasteiger partial charge >= 0.3 is 17.9 Å². The van der Waals surface area contributed by atoms with Gasteiger partial charge in [0.2, 0.25) is 0 Å². The third-order valence-corrected chi connectivity index (χ3v) is 7.58. The zero-order valence-electron chi connectivity index (χ0n) is 26.8. The lowest BCUT2D eigenvalue weighted by atomic mass is 9.92. The molecule has 4 rings (SSSR count). The number of aromatic amines is 1. The number of hydroxylamine groups is 1. The highest BCUT2D eigenvalue weighted by Gasteiger charge is 2.49. The topological polar surface area (TPSA) is 166 Å². The summed E-state index contributed by atoms with van der Waals surface area (Å²) in [6, 6.07) is 15.8. The van der Waals surface area contributed by atoms with Gasteiger partial charge in [-0.3, -0.25) is 24.1 Å². The van der Waals surface area contributed by atoms with Crippen molar-refractivity contribution >= 4 is 40.8 Å². The number of carbonyl (C=O) groups excluding carboxylic acids is 4. The minimum Gasteiger partial charge on any atom is -0.463 e. The molecule has 1 amide bonds. The van der Waals surface area contributed by atoms with Crippen molar-refractivity contribution in [2.45, 2.75) is 65.4 Å². The second-order valence-electron chi connectivity index (χ2n) is 11.3. The van der Waals surface area contributed by atoms with Crippen LogP contribution in [0.1, 0.15) is 44.4 Å². The van der Waals surface area contributed by atoms with Crippen LogP contribution in [-0.4, -0.2) is 83.2 Å². The number of nitrogens with one attached hydrogen (secondary N) is 2. The first kappa shape index (κ1) is 35.3. The molecule has 3 N–H and O–H groups in total. The second-order valence-corrected chi connectivity index (χ2v) is 11.3. The number of hydrogen-bond acceptors (Lipinski definition) is 11. The molecule has 0 spiro atoms. The zero-order valence-corrected chi connectivity index (χ0v) is 26.8. The predicted octanol–water partition coefficient (Wildman–Crippen LogP) is 3.01. The van der Waals surface area contributed by atoms with E-state index in [-0.39, 0.29) is 13.2 Å². The van der Waals surface area contributed by atoms with Gasteiger partial charge in [0.1, 0.15) is 18.8 Å². The van der Waals surface area contributed by atoms with Gasteiger partial charge in [-0.25, -0.2) is 10.3 Å². The first-order valence-corrected chi connectivity index (χ1v) is 15.3. The molecule has 0 radical (unpaired) electrons. The SMILES string of the molecule is CC(=O)OC[C@H]1O[C@@H](ONC(=O)/C=C/c2ccc(CN(CCO)Cc3c[nH]c4ccccc34)cc2)[C@H](C)[C@@H](OC(C)=O)[C@H]1OC(C)=O. The van der Waals surface area contributed by atoms with Crippen molar-refractivity contribution in [1.82, 2.24) is 15.4 Å². The molecular weight excluding hydrogens is 610 g/mol. The normalized spacial score (nSPS) is 21.1. The quantitative estimate of drug-likeness (QED) is 0.102. The number of carbonyl (C=O) groups is 4. The Morgan fingerprint density at radius 2 is 1.66 bits per heavy atom. The lowest BCUT2D eigenvalue weighted by Gasteiger charge is -2.43. The molecule has 1 aliphatic rings. The summed E-state index contributed by atoms with van der Waals surface area (Å²) >= 11 is 0. The predicted molar refractivity (Wildman–Crippen MR) is 170 cm³/mol. The molecule has 2 aromatic carbocycles. The van der Waals surface area contributed by atoms with Crippen molar-refractivity contribution in [3.05, 3.63) is 77.5 Å². The van der Waals surface area contributed by atoms with Gasteiger partial charge in [0, 0.05) is 63.6 Å². The highest BCUT2D eigenvalue weighted by atomic mass is 16.8. The highest BCUT2D eigenvalue weighted by Crippen LogP contribution is 2.31. The van der Waals surface area contributed by atoms with Crippen LogP contribution < -0.4 is 5.48 Å². The molecular formula is C34H41N3O10. The number of ether oxygens (including phenoxy) is 4. The van der Waals surface area contributed by atoms with Crippen LogP contribution in [0.3, 0.4) is 0 Å². The standard InChI is InChI=1S/C34H41N3O10/c1-21-32(44-23(3)40)33(45-24(4)41)30(20-43-22(2)39)46-34(21)47-36-31(42)14-13-25-9-11-26(12-10-25)18-37(15-16-38)19-27-17-35-29-8-6-5-7-28(27)29/h5-14,17,21,30,32-35,38H,15-16,18-20H2,1-4H3,(H,36,42)/b14-13+/t21-,30-,32-,33+,34+/m1/s1. The van der Waals surface area contributed by atoms with Crippen LogP contribution in [0.2, 0.25) is 0 Å². The highest BCUT2D eigenvalue weighted by molar-refractivity contribution is 5.91. The van der Waals surface area contributed by atoms with Crippen LogP contribution >= 0.6 is 0 Å². The molecule has 5 atom stereocenters. The number of H-pyrrole nitrogens is 1. The van der Waals surface area contributed by atoms with Gasteiger partial charge in [-0.15, -0.1) is 0 Å². The van der Waals surface area contributed by atoms with Crippen LogP contribution in [-0.2, 0) is 56.1 Å². The van der Waals surface area contributed by atoms with Crippen LogP contribution in [0.5, 0.6) is 0 Å². The first-order chi connectivity index (χ1) is 22.5. The fraction of sp³-hybridized carbons (Fsp3) is 0.412. The van der Waals surface area contributed by atoms with Gasteiger partial charge in [-0.1, -0.05) is 49.4 Å². The summed E-state index contributed by atoms with van der Waals surface area (Å²) < 4.78 is 21.7. The van der Waals surface area contributed by atoms with E-state index in [4.69, 9.17) is 23.8 Å². The fourth-order valence-electron chi connectivity index (χ4n) is 5.38. The number of benzene rings is 2. The number of aliphatic hydroxyl groups excluding tert-OH is 1. The summed E-state index contributed by atoms with van der Waals surface area (Å²) in [7, 11) is 0. The molecule has 1 fully saturated rings. The molecule has 13 nitrogen and oxygen atoms in total. The van der Waals surface area contributed by atoms with Gasteiger partial charge in [-0.2, -0.15) is 0 Å². The molecule has 0 saturated carbocycles. The van der Waals surface area contributed by atoms with E-state index in [0.29, 0.717) is 19.6 Å². The lowest BCUT2D eigenvalue weighted by molar-refractivity contribution is -0.300. The Bertz CT molecular complexity index is 1550. The van der Waals surface area contributed by atoms with Crippen molar-refractivity contribution < 1.29 is 48.1 Å². The van der Waals surface area contributed by atoms with Gasteiger partial charge in [-0.05, 0) is 28.8 Å². The Morgan fingerprint density at radius 1 is 0.957 bits per heavy atom. The van der Waals surface area contributed by atoms with Crippen LogP contribution in [0.25, 0.3) is 17.0 Å². The third kappa shape index (κ3) is 10.2. The van der Waals surface area contributed by atoms with Crippen LogP contribution in [0, 0.1) is 5.92 Å². The van der Waals surface area contributed by atoms with Crippen molar-refractivity contribution in [3.63, 3.8) is 0 Å². The molecule has 1 aliphatic heterocycles. The van der Waals surface area contributed by atoms with E-state index in [9.17, 15) is 24.3 Å². The molecule has 1 aromatic heterocycles. The number of aliphatic hydroxyl groups is 1. The number of amides is 1. The summed E-state index contributed by atoms with van der Waals surface area (Å²) in [4.78, 5) is 58.7. The number of aromatic nitrogens is 1. The summed E-state index contributed by atoms with van der Waals surface area (Å²) in [6.07, 6.45) is 0.666. The van der Waals surface area contributed by atoms with E-state index in [1.165, 1.54) is 26.8 Å². The maximum atomic E-state index is 12.6. The fourth-order valence-corrected chi connectivity index (χ4v) is 5.38. The molecule has 13 heteroatoms. The summed E-state index contributed by atoms with van der Waals surface area (Å²) in [5, 5.41) is 10.8. The van der Waals surface area contributed by atoms with Gasteiger partial charge < -0.3 is 29.0 Å². The molecule has 0 aliphatic carbocycles. The van der Waals surface area contributed by atoms with Gasteiger partial charge in [0.25, 0.3) is 5.91 Å². The average molecular weight is 652 g/mol. The number of hydrogen-bond donors (Lipinski definition) is 3. The molecule has 3 aromatic rings. The van der Waals surface area contributed by atoms with E-state index in [2.05, 4.69) is 21.4 Å². The third-order valence-electron chi connectivity index (χ3n) is 7.58. The van der Waals surface area contributed by atoms with Crippen molar-refractivity contribution in [2.24, 2.45) is 5.92 Å². The van der Waals surface area contributed by atoms with Crippen molar-refractivity contribution in [3.8, 4) is 0 Å². The Kier molecular flexibility index (Phi) is 12.6. The summed E-state index contributed by atoms with van der Waals surface area (Å²) in [5.74, 6) is -3.13. The Hall–Kier alpha value is -4.56. The number of fused-ring (bicyclic) bond motifs is 1. The molecule has 0 bridgehead atoms.